The zero-order valence-electron chi connectivity index (χ0n) is 38.5. The largest absolute Gasteiger partial charge is 0.374 e. The average molecular weight is 923 g/mol. The molecule has 6 aromatic carbocycles. The summed E-state index contributed by atoms with van der Waals surface area (Å²) in [5.74, 6) is -0.270. The third-order valence-electron chi connectivity index (χ3n) is 12.6. The standard InChI is InChI=1S/C57H62O11/c1-58-57-55(54(64-38-46-30-18-7-19-31-46)53(63-37-45-28-16-6-17-29-45)49(66-57)40-60-34-42-22-10-3-11-23-42)67-50-32-47-51(61-35-43-24-12-4-13-25-43)52(62-36-44-26-14-5-15-27-44)48(65-56(47)68-50)39-59-33-41-20-8-2-9-21-41/h2-31,47-57H,32-40H2,1H3/t47-,48-,49-,50-,51-,52-,53-,54+,55+,56-,57+/m1/s1. The average Bonchev–Trinajstić information content (AvgIpc) is 3.80. The number of benzene rings is 6. The van der Waals surface area contributed by atoms with Gasteiger partial charge in [0, 0.05) is 19.4 Å². The summed E-state index contributed by atoms with van der Waals surface area (Å²) in [4.78, 5) is 0. The summed E-state index contributed by atoms with van der Waals surface area (Å²) >= 11 is 0. The lowest BCUT2D eigenvalue weighted by atomic mass is 9.89. The van der Waals surface area contributed by atoms with Gasteiger partial charge in [-0.05, 0) is 33.4 Å². The van der Waals surface area contributed by atoms with Gasteiger partial charge in [-0.15, -0.1) is 0 Å². The van der Waals surface area contributed by atoms with E-state index in [0.29, 0.717) is 46.1 Å². The summed E-state index contributed by atoms with van der Waals surface area (Å²) in [7, 11) is 1.61. The topological polar surface area (TPSA) is 102 Å². The predicted octanol–water partition coefficient (Wildman–Crippen LogP) is 9.61. The molecular formula is C57H62O11. The van der Waals surface area contributed by atoms with Gasteiger partial charge < -0.3 is 52.1 Å². The van der Waals surface area contributed by atoms with Crippen LogP contribution in [0.3, 0.4) is 0 Å². The maximum Gasteiger partial charge on any atom is 0.186 e. The molecule has 3 saturated heterocycles. The number of methoxy groups -OCH3 is 1. The Hall–Kier alpha value is -5.12. The lowest BCUT2D eigenvalue weighted by Crippen LogP contribution is -2.62. The Balaban J connectivity index is 0.987. The molecule has 9 rings (SSSR count). The van der Waals surface area contributed by atoms with E-state index in [-0.39, 0.29) is 19.1 Å². The second-order valence-corrected chi connectivity index (χ2v) is 17.4. The molecule has 11 atom stereocenters. The lowest BCUT2D eigenvalue weighted by molar-refractivity contribution is -0.351. The van der Waals surface area contributed by atoms with Crippen molar-refractivity contribution >= 4 is 0 Å². The molecule has 0 spiro atoms. The van der Waals surface area contributed by atoms with E-state index in [2.05, 4.69) is 24.3 Å². The van der Waals surface area contributed by atoms with Gasteiger partial charge in [0.05, 0.1) is 59.0 Å². The third-order valence-corrected chi connectivity index (χ3v) is 12.6. The molecule has 68 heavy (non-hydrogen) atoms. The molecule has 3 aliphatic rings. The van der Waals surface area contributed by atoms with Crippen LogP contribution in [-0.4, -0.2) is 81.9 Å². The highest BCUT2D eigenvalue weighted by molar-refractivity contribution is 5.18. The number of hydrogen-bond acceptors (Lipinski definition) is 11. The van der Waals surface area contributed by atoms with E-state index in [1.165, 1.54) is 0 Å². The van der Waals surface area contributed by atoms with Gasteiger partial charge in [-0.25, -0.2) is 0 Å². The van der Waals surface area contributed by atoms with Crippen LogP contribution in [0, 0.1) is 5.92 Å². The molecule has 3 aliphatic heterocycles. The Morgan fingerprint density at radius 1 is 0.382 bits per heavy atom. The summed E-state index contributed by atoms with van der Waals surface area (Å²) in [6.07, 6.45) is -6.04. The molecule has 6 aromatic rings. The number of hydrogen-bond donors (Lipinski definition) is 0. The smallest absolute Gasteiger partial charge is 0.186 e. The van der Waals surface area contributed by atoms with E-state index < -0.39 is 61.6 Å². The van der Waals surface area contributed by atoms with E-state index in [0.717, 1.165) is 33.4 Å². The second kappa shape index (κ2) is 24.9. The van der Waals surface area contributed by atoms with E-state index in [1.807, 2.05) is 158 Å². The zero-order valence-corrected chi connectivity index (χ0v) is 38.5. The molecule has 356 valence electrons. The first kappa shape index (κ1) is 47.9. The minimum absolute atomic E-state index is 0.225. The first-order valence-electron chi connectivity index (χ1n) is 23.7. The molecular weight excluding hydrogens is 861 g/mol. The maximum absolute atomic E-state index is 7.08. The van der Waals surface area contributed by atoms with Gasteiger partial charge in [-0.1, -0.05) is 182 Å². The minimum atomic E-state index is -0.865. The minimum Gasteiger partial charge on any atom is -0.374 e. The SMILES string of the molecule is CO[C@H]1O[C@H](COCc2ccccc2)[C@@H](OCc2ccccc2)[C@H](OCc2ccccc2)[C@@H]1O[C@H]1C[C@H]2[C@@H](O1)O[C@H](COCc1ccccc1)[C@@H](OCc1ccccc1)[C@@H]2OCc1ccccc1. The molecule has 0 bridgehead atoms. The Morgan fingerprint density at radius 2 is 0.735 bits per heavy atom. The summed E-state index contributed by atoms with van der Waals surface area (Å²) < 4.78 is 73.9. The van der Waals surface area contributed by atoms with Crippen LogP contribution in [0.4, 0.5) is 0 Å². The molecule has 0 aliphatic carbocycles. The fourth-order valence-corrected chi connectivity index (χ4v) is 9.12. The second-order valence-electron chi connectivity index (χ2n) is 17.4. The number of fused-ring (bicyclic) bond motifs is 1. The van der Waals surface area contributed by atoms with Crippen LogP contribution in [0.15, 0.2) is 182 Å². The molecule has 11 heteroatoms. The Morgan fingerprint density at radius 3 is 1.15 bits per heavy atom. The van der Waals surface area contributed by atoms with Gasteiger partial charge in [-0.3, -0.25) is 0 Å². The third kappa shape index (κ3) is 13.1. The summed E-state index contributed by atoms with van der Waals surface area (Å²) in [5.41, 5.74) is 6.22. The fourth-order valence-electron chi connectivity index (χ4n) is 9.12. The van der Waals surface area contributed by atoms with Crippen molar-refractivity contribution < 1.29 is 52.1 Å². The predicted molar refractivity (Wildman–Crippen MR) is 254 cm³/mol. The normalized spacial score (nSPS) is 26.9. The van der Waals surface area contributed by atoms with Crippen molar-refractivity contribution in [2.45, 2.75) is 108 Å². The highest BCUT2D eigenvalue weighted by atomic mass is 16.8. The lowest BCUT2D eigenvalue weighted by Gasteiger charge is -2.46. The van der Waals surface area contributed by atoms with Crippen molar-refractivity contribution in [2.24, 2.45) is 5.92 Å². The molecule has 11 nitrogen and oxygen atoms in total. The molecule has 3 fully saturated rings. The quantitative estimate of drug-likeness (QED) is 0.0615. The maximum atomic E-state index is 7.08. The van der Waals surface area contributed by atoms with Crippen LogP contribution in [0.1, 0.15) is 39.8 Å². The van der Waals surface area contributed by atoms with E-state index in [4.69, 9.17) is 52.1 Å². The summed E-state index contributed by atoms with van der Waals surface area (Å²) in [6.45, 7) is 2.64. The monoisotopic (exact) mass is 922 g/mol. The van der Waals surface area contributed by atoms with Gasteiger partial charge in [0.25, 0.3) is 0 Å². The van der Waals surface area contributed by atoms with Gasteiger partial charge in [0.2, 0.25) is 0 Å². The highest BCUT2D eigenvalue weighted by Gasteiger charge is 2.55. The van der Waals surface area contributed by atoms with Crippen molar-refractivity contribution in [1.82, 2.24) is 0 Å². The van der Waals surface area contributed by atoms with Gasteiger partial charge in [0.1, 0.15) is 36.6 Å². The first-order valence-corrected chi connectivity index (χ1v) is 23.7. The van der Waals surface area contributed by atoms with E-state index in [1.54, 1.807) is 7.11 Å². The van der Waals surface area contributed by atoms with Crippen LogP contribution in [0.5, 0.6) is 0 Å². The Kier molecular flexibility index (Phi) is 17.6. The van der Waals surface area contributed by atoms with Crippen molar-refractivity contribution in [3.8, 4) is 0 Å². The molecule has 3 heterocycles. The van der Waals surface area contributed by atoms with Crippen LogP contribution in [-0.2, 0) is 91.7 Å². The van der Waals surface area contributed by atoms with Crippen LogP contribution < -0.4 is 0 Å². The van der Waals surface area contributed by atoms with Crippen molar-refractivity contribution in [3.63, 3.8) is 0 Å². The Labute approximate surface area is 400 Å². The van der Waals surface area contributed by atoms with Gasteiger partial charge in [0.15, 0.2) is 18.9 Å². The summed E-state index contributed by atoms with van der Waals surface area (Å²) in [5, 5.41) is 0. The molecule has 0 N–H and O–H groups in total. The van der Waals surface area contributed by atoms with Crippen molar-refractivity contribution in [2.75, 3.05) is 20.3 Å². The van der Waals surface area contributed by atoms with Crippen LogP contribution >= 0.6 is 0 Å². The van der Waals surface area contributed by atoms with Crippen LogP contribution in [0.25, 0.3) is 0 Å². The van der Waals surface area contributed by atoms with Crippen LogP contribution in [0.2, 0.25) is 0 Å². The van der Waals surface area contributed by atoms with E-state index >= 15 is 0 Å². The molecule has 0 saturated carbocycles. The molecule has 0 aromatic heterocycles. The van der Waals surface area contributed by atoms with Crippen molar-refractivity contribution in [1.29, 1.82) is 0 Å². The number of rotatable bonds is 23. The van der Waals surface area contributed by atoms with Gasteiger partial charge in [-0.2, -0.15) is 0 Å². The molecule has 0 unspecified atom stereocenters. The number of ether oxygens (including phenoxy) is 11. The van der Waals surface area contributed by atoms with E-state index in [9.17, 15) is 0 Å². The fraction of sp³-hybridized carbons (Fsp3) is 0.368. The van der Waals surface area contributed by atoms with Crippen molar-refractivity contribution in [3.05, 3.63) is 215 Å². The Bertz CT molecular complexity index is 2310. The first-order chi connectivity index (χ1) is 33.7. The molecule has 0 amide bonds. The highest BCUT2D eigenvalue weighted by Crippen LogP contribution is 2.42. The molecule has 0 radical (unpaired) electrons. The summed E-state index contributed by atoms with van der Waals surface area (Å²) in [6, 6.07) is 60.6. The van der Waals surface area contributed by atoms with Gasteiger partial charge >= 0.3 is 0 Å². The zero-order chi connectivity index (χ0) is 46.2.